The molecule has 20 heavy (non-hydrogen) atoms. The Hall–Kier alpha value is 0.280. The van der Waals surface area contributed by atoms with Gasteiger partial charge < -0.3 is 18.9 Å². The Morgan fingerprint density at radius 2 is 1.70 bits per heavy atom. The van der Waals surface area contributed by atoms with Gasteiger partial charge in [0.05, 0.1) is 30.9 Å². The first-order chi connectivity index (χ1) is 9.64. The first-order valence-corrected chi connectivity index (χ1v) is 8.55. The molecule has 2 spiro atoms. The van der Waals surface area contributed by atoms with E-state index in [2.05, 4.69) is 50.1 Å². The molecular formula is C14H14Br2O4. The molecule has 4 nitrogen and oxygen atoms in total. The van der Waals surface area contributed by atoms with Crippen molar-refractivity contribution in [1.29, 1.82) is 0 Å². The van der Waals surface area contributed by atoms with Crippen LogP contribution in [0.4, 0.5) is 0 Å². The molecule has 5 rings (SSSR count). The highest BCUT2D eigenvalue weighted by Crippen LogP contribution is 2.71. The molecule has 6 heteroatoms. The summed E-state index contributed by atoms with van der Waals surface area (Å²) in [5, 5.41) is 0. The van der Waals surface area contributed by atoms with Gasteiger partial charge in [0.25, 0.3) is 0 Å². The van der Waals surface area contributed by atoms with E-state index in [1.807, 2.05) is 0 Å². The summed E-state index contributed by atoms with van der Waals surface area (Å²) in [5.41, 5.74) is 0. The highest BCUT2D eigenvalue weighted by molar-refractivity contribution is 9.11. The smallest absolute Gasteiger partial charge is 0.206 e. The zero-order valence-electron chi connectivity index (χ0n) is 10.7. The van der Waals surface area contributed by atoms with E-state index >= 15 is 0 Å². The van der Waals surface area contributed by atoms with Gasteiger partial charge in [-0.2, -0.15) is 0 Å². The fraction of sp³-hybridized carbons (Fsp3) is 0.714. The minimum Gasteiger partial charge on any atom is -0.345 e. The number of halogens is 2. The molecule has 2 heterocycles. The summed E-state index contributed by atoms with van der Waals surface area (Å²) in [4.78, 5) is 0. The number of hydrogen-bond acceptors (Lipinski definition) is 4. The number of hydrogen-bond donors (Lipinski definition) is 0. The van der Waals surface area contributed by atoms with Gasteiger partial charge in [-0.05, 0) is 5.92 Å². The van der Waals surface area contributed by atoms with Gasteiger partial charge in [0.2, 0.25) is 5.79 Å². The Kier molecular flexibility index (Phi) is 2.42. The first kappa shape index (κ1) is 12.8. The minimum absolute atomic E-state index is 0.125. The standard InChI is InChI=1S/C14H14Br2O4/c15-10-7-8-9-1-2-12(16,14(9)19-5-6-20-14)11(8)13(10)17-3-4-18-13/h1-2,7-9,11H,3-6H2/t8-,9-,11-,12+/m1/s1. The quantitative estimate of drug-likeness (QED) is 0.458. The number of rotatable bonds is 0. The predicted octanol–water partition coefficient (Wildman–Crippen LogP) is 2.33. The van der Waals surface area contributed by atoms with Crippen LogP contribution in [0, 0.1) is 17.8 Å². The molecule has 2 saturated heterocycles. The van der Waals surface area contributed by atoms with E-state index in [1.165, 1.54) is 0 Å². The van der Waals surface area contributed by atoms with Crippen molar-refractivity contribution in [2.24, 2.45) is 17.8 Å². The lowest BCUT2D eigenvalue weighted by Crippen LogP contribution is -2.54. The number of allylic oxidation sites excluding steroid dienone is 1. The highest BCUT2D eigenvalue weighted by atomic mass is 79.9. The molecule has 0 aromatic heterocycles. The monoisotopic (exact) mass is 404 g/mol. The lowest BCUT2D eigenvalue weighted by molar-refractivity contribution is -0.197. The third kappa shape index (κ3) is 1.14. The van der Waals surface area contributed by atoms with Crippen molar-refractivity contribution < 1.29 is 18.9 Å². The van der Waals surface area contributed by atoms with Gasteiger partial charge in [-0.25, -0.2) is 0 Å². The number of fused-ring (bicyclic) bond motifs is 4. The molecule has 0 unspecified atom stereocenters. The Morgan fingerprint density at radius 1 is 1.05 bits per heavy atom. The van der Waals surface area contributed by atoms with Crippen LogP contribution in [0.2, 0.25) is 0 Å². The van der Waals surface area contributed by atoms with Crippen molar-refractivity contribution in [3.63, 3.8) is 0 Å². The zero-order chi connectivity index (χ0) is 13.6. The zero-order valence-corrected chi connectivity index (χ0v) is 13.9. The van der Waals surface area contributed by atoms with Gasteiger partial charge in [0.15, 0.2) is 5.79 Å². The van der Waals surface area contributed by atoms with Gasteiger partial charge >= 0.3 is 0 Å². The highest BCUT2D eigenvalue weighted by Gasteiger charge is 2.79. The summed E-state index contributed by atoms with van der Waals surface area (Å²) in [5.74, 6) is -0.663. The summed E-state index contributed by atoms with van der Waals surface area (Å²) >= 11 is 7.60. The van der Waals surface area contributed by atoms with Crippen molar-refractivity contribution in [2.45, 2.75) is 15.9 Å². The fourth-order valence-electron chi connectivity index (χ4n) is 4.68. The third-order valence-corrected chi connectivity index (χ3v) is 7.41. The summed E-state index contributed by atoms with van der Waals surface area (Å²) in [6, 6.07) is 0. The Morgan fingerprint density at radius 3 is 2.40 bits per heavy atom. The van der Waals surface area contributed by atoms with Crippen molar-refractivity contribution in [3.8, 4) is 0 Å². The van der Waals surface area contributed by atoms with Crippen LogP contribution in [0.1, 0.15) is 0 Å². The molecule has 3 aliphatic carbocycles. The molecule has 3 fully saturated rings. The maximum Gasteiger partial charge on any atom is 0.206 e. The lowest BCUT2D eigenvalue weighted by atomic mass is 9.82. The van der Waals surface area contributed by atoms with Crippen LogP contribution in [0.3, 0.4) is 0 Å². The average molecular weight is 406 g/mol. The molecule has 0 aromatic carbocycles. The SMILES string of the molecule is BrC1=C[C@@H]2[C@H]3C=C[C@](Br)([C@@H]2C12OCCO2)C31OCCO1. The summed E-state index contributed by atoms with van der Waals surface area (Å²) < 4.78 is 24.8. The number of ether oxygens (including phenoxy) is 4. The normalized spacial score (nSPS) is 49.5. The van der Waals surface area contributed by atoms with E-state index in [-0.39, 0.29) is 11.8 Å². The largest absolute Gasteiger partial charge is 0.345 e. The van der Waals surface area contributed by atoms with Crippen LogP contribution in [0.25, 0.3) is 0 Å². The summed E-state index contributed by atoms with van der Waals surface area (Å²) in [7, 11) is 0. The summed E-state index contributed by atoms with van der Waals surface area (Å²) in [6.45, 7) is 2.53. The van der Waals surface area contributed by atoms with Gasteiger partial charge in [0.1, 0.15) is 4.32 Å². The van der Waals surface area contributed by atoms with Crippen LogP contribution < -0.4 is 0 Å². The van der Waals surface area contributed by atoms with E-state index in [9.17, 15) is 0 Å². The average Bonchev–Trinajstić information content (AvgIpc) is 3.19. The van der Waals surface area contributed by atoms with Crippen molar-refractivity contribution >= 4 is 31.9 Å². The maximum absolute atomic E-state index is 6.08. The lowest BCUT2D eigenvalue weighted by Gasteiger charge is -2.42. The van der Waals surface area contributed by atoms with Crippen molar-refractivity contribution in [3.05, 3.63) is 22.7 Å². The van der Waals surface area contributed by atoms with Crippen LogP contribution in [-0.2, 0) is 18.9 Å². The third-order valence-electron chi connectivity index (χ3n) is 5.28. The Labute approximate surface area is 133 Å². The molecule has 0 aromatic rings. The van der Waals surface area contributed by atoms with Gasteiger partial charge in [-0.1, -0.05) is 50.1 Å². The maximum atomic E-state index is 6.08. The Balaban J connectivity index is 1.69. The molecule has 108 valence electrons. The van der Waals surface area contributed by atoms with Crippen molar-refractivity contribution in [1.82, 2.24) is 0 Å². The van der Waals surface area contributed by atoms with E-state index in [1.54, 1.807) is 0 Å². The second-order valence-corrected chi connectivity index (χ2v) is 8.12. The van der Waals surface area contributed by atoms with Crippen LogP contribution >= 0.6 is 31.9 Å². The topological polar surface area (TPSA) is 36.9 Å². The molecule has 0 amide bonds. The van der Waals surface area contributed by atoms with Crippen molar-refractivity contribution in [2.75, 3.05) is 26.4 Å². The molecule has 0 N–H and O–H groups in total. The first-order valence-electron chi connectivity index (χ1n) is 6.96. The second kappa shape index (κ2) is 3.78. The van der Waals surface area contributed by atoms with E-state index in [0.717, 1.165) is 4.48 Å². The molecule has 4 atom stereocenters. The van der Waals surface area contributed by atoms with Gasteiger partial charge in [-0.15, -0.1) is 0 Å². The fourth-order valence-corrected chi connectivity index (χ4v) is 6.72. The van der Waals surface area contributed by atoms with Gasteiger partial charge in [-0.3, -0.25) is 0 Å². The van der Waals surface area contributed by atoms with Crippen LogP contribution in [0.5, 0.6) is 0 Å². The Bertz CT molecular complexity index is 533. The molecule has 5 aliphatic rings. The minimum atomic E-state index is -0.685. The van der Waals surface area contributed by atoms with Crippen LogP contribution in [0.15, 0.2) is 22.7 Å². The molecule has 0 radical (unpaired) electrons. The van der Waals surface area contributed by atoms with E-state index in [0.29, 0.717) is 32.3 Å². The van der Waals surface area contributed by atoms with E-state index in [4.69, 9.17) is 18.9 Å². The second-order valence-electron chi connectivity index (χ2n) is 5.95. The molecule has 2 aliphatic heterocycles. The van der Waals surface area contributed by atoms with Gasteiger partial charge in [0, 0.05) is 11.8 Å². The molecular weight excluding hydrogens is 392 g/mol. The predicted molar refractivity (Wildman–Crippen MR) is 77.5 cm³/mol. The number of alkyl halides is 1. The molecule has 1 saturated carbocycles. The van der Waals surface area contributed by atoms with E-state index < -0.39 is 15.9 Å². The molecule has 2 bridgehead atoms. The van der Waals surface area contributed by atoms with Crippen LogP contribution in [-0.4, -0.2) is 42.3 Å². The summed E-state index contributed by atoms with van der Waals surface area (Å²) in [6.07, 6.45) is 6.61.